The standard InChI is InChI=1S/C29H28N2O7/c1-18(19-7-5-4-6-8-19)30-23-16-27(33)31(28(23)34)22-12-9-20(10-13-22)29(35)38-17-24(32)21-11-14-25(36-2)26(15-21)37-3/h4-15,18,23,30H,16-17H2,1-3H3. The monoisotopic (exact) mass is 516 g/mol. The highest BCUT2D eigenvalue weighted by Gasteiger charge is 2.40. The number of nitrogens with one attached hydrogen (secondary N) is 1. The Morgan fingerprint density at radius 1 is 0.921 bits per heavy atom. The van der Waals surface area contributed by atoms with Crippen LogP contribution in [0.2, 0.25) is 0 Å². The van der Waals surface area contributed by atoms with Gasteiger partial charge >= 0.3 is 5.97 Å². The molecule has 2 amide bonds. The number of Topliss-reactive ketones (excluding diaryl/α,β-unsaturated/α-hetero) is 1. The highest BCUT2D eigenvalue weighted by Crippen LogP contribution is 2.28. The number of methoxy groups -OCH3 is 2. The summed E-state index contributed by atoms with van der Waals surface area (Å²) in [6.45, 7) is 1.47. The molecule has 0 saturated carbocycles. The fourth-order valence-corrected chi connectivity index (χ4v) is 4.23. The lowest BCUT2D eigenvalue weighted by Crippen LogP contribution is -2.40. The van der Waals surface area contributed by atoms with E-state index in [1.807, 2.05) is 37.3 Å². The molecule has 1 saturated heterocycles. The predicted molar refractivity (Wildman–Crippen MR) is 139 cm³/mol. The number of imide groups is 1. The van der Waals surface area contributed by atoms with E-state index in [2.05, 4.69) is 5.32 Å². The van der Waals surface area contributed by atoms with E-state index in [0.717, 1.165) is 10.5 Å². The molecule has 2 atom stereocenters. The second-order valence-electron chi connectivity index (χ2n) is 8.74. The molecule has 38 heavy (non-hydrogen) atoms. The van der Waals surface area contributed by atoms with Crippen LogP contribution < -0.4 is 19.7 Å². The average Bonchev–Trinajstić information content (AvgIpc) is 3.23. The summed E-state index contributed by atoms with van der Waals surface area (Å²) >= 11 is 0. The van der Waals surface area contributed by atoms with Crippen LogP contribution >= 0.6 is 0 Å². The Hall–Kier alpha value is -4.50. The lowest BCUT2D eigenvalue weighted by molar-refractivity contribution is -0.121. The van der Waals surface area contributed by atoms with E-state index in [1.165, 1.54) is 44.6 Å². The first kappa shape index (κ1) is 26.6. The Bertz CT molecular complexity index is 1340. The highest BCUT2D eigenvalue weighted by molar-refractivity contribution is 6.22. The Kier molecular flexibility index (Phi) is 8.18. The van der Waals surface area contributed by atoms with Crippen LogP contribution in [0, 0.1) is 0 Å². The van der Waals surface area contributed by atoms with Gasteiger partial charge < -0.3 is 14.2 Å². The van der Waals surface area contributed by atoms with E-state index in [-0.39, 0.29) is 29.8 Å². The minimum absolute atomic E-state index is 0.0397. The lowest BCUT2D eigenvalue weighted by atomic mass is 10.1. The quantitative estimate of drug-likeness (QED) is 0.247. The fourth-order valence-electron chi connectivity index (χ4n) is 4.23. The number of hydrogen-bond donors (Lipinski definition) is 1. The molecule has 3 aromatic carbocycles. The number of benzene rings is 3. The summed E-state index contributed by atoms with van der Waals surface area (Å²) in [5, 5.41) is 3.23. The van der Waals surface area contributed by atoms with E-state index in [9.17, 15) is 19.2 Å². The zero-order chi connectivity index (χ0) is 27.2. The molecule has 9 heteroatoms. The van der Waals surface area contributed by atoms with Crippen LogP contribution in [0.5, 0.6) is 11.5 Å². The number of ether oxygens (including phenoxy) is 3. The minimum Gasteiger partial charge on any atom is -0.493 e. The summed E-state index contributed by atoms with van der Waals surface area (Å²) in [4.78, 5) is 51.7. The molecule has 9 nitrogen and oxygen atoms in total. The summed E-state index contributed by atoms with van der Waals surface area (Å²) in [6, 6.07) is 19.5. The normalized spacial score (nSPS) is 15.8. The molecular formula is C29H28N2O7. The van der Waals surface area contributed by atoms with Crippen LogP contribution in [-0.4, -0.2) is 50.4 Å². The maximum atomic E-state index is 13.0. The number of rotatable bonds is 10. The zero-order valence-electron chi connectivity index (χ0n) is 21.3. The number of carbonyl (C=O) groups excluding carboxylic acids is 4. The van der Waals surface area contributed by atoms with Crippen molar-refractivity contribution in [2.45, 2.75) is 25.4 Å². The smallest absolute Gasteiger partial charge is 0.338 e. The van der Waals surface area contributed by atoms with E-state index >= 15 is 0 Å². The van der Waals surface area contributed by atoms with Gasteiger partial charge in [0.25, 0.3) is 5.91 Å². The van der Waals surface area contributed by atoms with Crippen molar-refractivity contribution in [3.8, 4) is 11.5 Å². The predicted octanol–water partition coefficient (Wildman–Crippen LogP) is 3.73. The minimum atomic E-state index is -0.708. The van der Waals surface area contributed by atoms with Gasteiger partial charge in [-0.25, -0.2) is 9.69 Å². The molecule has 0 radical (unpaired) electrons. The first-order valence-electron chi connectivity index (χ1n) is 12.0. The number of carbonyl (C=O) groups is 4. The lowest BCUT2D eigenvalue weighted by Gasteiger charge is -2.19. The number of nitrogens with zero attached hydrogens (tertiary/aromatic N) is 1. The van der Waals surface area contributed by atoms with Crippen molar-refractivity contribution >= 4 is 29.3 Å². The molecule has 1 aliphatic heterocycles. The number of esters is 1. The topological polar surface area (TPSA) is 111 Å². The molecule has 1 fully saturated rings. The zero-order valence-corrected chi connectivity index (χ0v) is 21.3. The summed E-state index contributed by atoms with van der Waals surface area (Å²) in [6.07, 6.45) is 0.0397. The van der Waals surface area contributed by atoms with E-state index in [4.69, 9.17) is 14.2 Å². The summed E-state index contributed by atoms with van der Waals surface area (Å²) < 4.78 is 15.5. The van der Waals surface area contributed by atoms with Crippen molar-refractivity contribution in [1.82, 2.24) is 5.32 Å². The van der Waals surface area contributed by atoms with Crippen molar-refractivity contribution in [3.63, 3.8) is 0 Å². The summed E-state index contributed by atoms with van der Waals surface area (Å²) in [7, 11) is 2.95. The van der Waals surface area contributed by atoms with Gasteiger partial charge in [0.15, 0.2) is 23.9 Å². The molecule has 196 valence electrons. The maximum absolute atomic E-state index is 13.0. The Morgan fingerprint density at radius 3 is 2.24 bits per heavy atom. The third kappa shape index (κ3) is 5.73. The van der Waals surface area contributed by atoms with Crippen molar-refractivity contribution in [2.24, 2.45) is 0 Å². The van der Waals surface area contributed by atoms with Crippen LogP contribution in [0.1, 0.15) is 45.7 Å². The van der Waals surface area contributed by atoms with Gasteiger partial charge in [-0.1, -0.05) is 30.3 Å². The Morgan fingerprint density at radius 2 is 1.58 bits per heavy atom. The van der Waals surface area contributed by atoms with Crippen molar-refractivity contribution < 1.29 is 33.4 Å². The van der Waals surface area contributed by atoms with Crippen LogP contribution in [0.4, 0.5) is 5.69 Å². The molecule has 1 aliphatic rings. The number of anilines is 1. The molecule has 3 aromatic rings. The van der Waals surface area contributed by atoms with Gasteiger partial charge in [-0.2, -0.15) is 0 Å². The second kappa shape index (κ2) is 11.7. The van der Waals surface area contributed by atoms with Crippen LogP contribution in [-0.2, 0) is 14.3 Å². The molecule has 0 aliphatic carbocycles. The molecular weight excluding hydrogens is 488 g/mol. The number of ketones is 1. The summed E-state index contributed by atoms with van der Waals surface area (Å²) in [5.41, 5.74) is 1.86. The largest absolute Gasteiger partial charge is 0.493 e. The average molecular weight is 517 g/mol. The third-order valence-corrected chi connectivity index (χ3v) is 6.30. The van der Waals surface area contributed by atoms with Crippen molar-refractivity contribution in [3.05, 3.63) is 89.5 Å². The molecule has 4 rings (SSSR count). The molecule has 0 aromatic heterocycles. The molecule has 0 spiro atoms. The van der Waals surface area contributed by atoms with Crippen molar-refractivity contribution in [1.29, 1.82) is 0 Å². The van der Waals surface area contributed by atoms with Gasteiger partial charge in [0, 0.05) is 11.6 Å². The van der Waals surface area contributed by atoms with E-state index in [0.29, 0.717) is 22.7 Å². The Balaban J connectivity index is 1.36. The van der Waals surface area contributed by atoms with Crippen molar-refractivity contribution in [2.75, 3.05) is 25.7 Å². The number of hydrogen-bond acceptors (Lipinski definition) is 8. The van der Waals surface area contributed by atoms with Gasteiger partial charge in [0.2, 0.25) is 5.91 Å². The SMILES string of the molecule is COc1ccc(C(=O)COC(=O)c2ccc(N3C(=O)CC(NC(C)c4ccccc4)C3=O)cc2)cc1OC. The summed E-state index contributed by atoms with van der Waals surface area (Å²) in [5.74, 6) is -0.937. The van der Waals surface area contributed by atoms with E-state index < -0.39 is 24.4 Å². The Labute approximate surface area is 220 Å². The maximum Gasteiger partial charge on any atom is 0.338 e. The van der Waals surface area contributed by atoms with Gasteiger partial charge in [-0.05, 0) is 55.0 Å². The van der Waals surface area contributed by atoms with Crippen LogP contribution in [0.15, 0.2) is 72.8 Å². The molecule has 0 bridgehead atoms. The van der Waals surface area contributed by atoms with Gasteiger partial charge in [0.05, 0.1) is 37.9 Å². The fraction of sp³-hybridized carbons (Fsp3) is 0.241. The van der Waals surface area contributed by atoms with E-state index in [1.54, 1.807) is 12.1 Å². The number of amides is 2. The molecule has 1 N–H and O–H groups in total. The van der Waals surface area contributed by atoms with Gasteiger partial charge in [-0.15, -0.1) is 0 Å². The van der Waals surface area contributed by atoms with Crippen LogP contribution in [0.25, 0.3) is 0 Å². The molecule has 1 heterocycles. The second-order valence-corrected chi connectivity index (χ2v) is 8.74. The highest BCUT2D eigenvalue weighted by atomic mass is 16.5. The third-order valence-electron chi connectivity index (χ3n) is 6.30. The molecule has 2 unspecified atom stereocenters. The van der Waals surface area contributed by atoms with Gasteiger partial charge in [-0.3, -0.25) is 19.7 Å². The first-order valence-corrected chi connectivity index (χ1v) is 12.0. The van der Waals surface area contributed by atoms with Gasteiger partial charge in [0.1, 0.15) is 0 Å². The van der Waals surface area contributed by atoms with Crippen LogP contribution in [0.3, 0.4) is 0 Å². The first-order chi connectivity index (χ1) is 18.3.